The van der Waals surface area contributed by atoms with E-state index in [2.05, 4.69) is 26.1 Å². The van der Waals surface area contributed by atoms with Crippen molar-refractivity contribution in [1.82, 2.24) is 5.32 Å². The fraction of sp³-hybridized carbons (Fsp3) is 0.941. The molecule has 0 aromatic heterocycles. The van der Waals surface area contributed by atoms with E-state index in [1.807, 2.05) is 13.8 Å². The molecule has 0 spiro atoms. The van der Waals surface area contributed by atoms with Crippen molar-refractivity contribution in [2.45, 2.75) is 84.8 Å². The van der Waals surface area contributed by atoms with E-state index in [0.29, 0.717) is 6.04 Å². The molecule has 1 heterocycles. The van der Waals surface area contributed by atoms with Crippen molar-refractivity contribution in [2.24, 2.45) is 10.8 Å². The van der Waals surface area contributed by atoms with Crippen LogP contribution in [0.4, 0.5) is 0 Å². The van der Waals surface area contributed by atoms with Gasteiger partial charge in [-0.25, -0.2) is 0 Å². The summed E-state index contributed by atoms with van der Waals surface area (Å²) in [5, 5.41) is 3.25. The molecule has 3 nitrogen and oxygen atoms in total. The van der Waals surface area contributed by atoms with Crippen LogP contribution >= 0.6 is 0 Å². The normalized spacial score (nSPS) is 26.1. The summed E-state index contributed by atoms with van der Waals surface area (Å²) in [4.78, 5) is 12.6. The first kappa shape index (κ1) is 15.8. The first-order chi connectivity index (χ1) is 9.15. The van der Waals surface area contributed by atoms with Gasteiger partial charge >= 0.3 is 5.97 Å². The lowest BCUT2D eigenvalue weighted by Gasteiger charge is -2.42. The van der Waals surface area contributed by atoms with E-state index in [9.17, 15) is 4.79 Å². The summed E-state index contributed by atoms with van der Waals surface area (Å²) in [6.07, 6.45) is 6.68. The Labute approximate surface area is 123 Å². The van der Waals surface area contributed by atoms with Gasteiger partial charge in [0, 0.05) is 12.6 Å². The van der Waals surface area contributed by atoms with E-state index >= 15 is 0 Å². The summed E-state index contributed by atoms with van der Waals surface area (Å²) in [5.41, 5.74) is -0.429. The van der Waals surface area contributed by atoms with E-state index in [-0.39, 0.29) is 17.0 Å². The lowest BCUT2D eigenvalue weighted by atomic mass is 9.73. The molecule has 1 unspecified atom stereocenters. The van der Waals surface area contributed by atoms with Gasteiger partial charge in [0.2, 0.25) is 0 Å². The topological polar surface area (TPSA) is 48.2 Å². The summed E-state index contributed by atoms with van der Waals surface area (Å²) in [6, 6.07) is 0.297. The predicted molar refractivity (Wildman–Crippen MR) is 81.6 cm³/mol. The van der Waals surface area contributed by atoms with Crippen molar-refractivity contribution in [3.05, 3.63) is 0 Å². The molecule has 0 radical (unpaired) electrons. The summed E-state index contributed by atoms with van der Waals surface area (Å²) in [7, 11) is 0. The van der Waals surface area contributed by atoms with Gasteiger partial charge in [0.25, 0.3) is 0 Å². The van der Waals surface area contributed by atoms with Crippen molar-refractivity contribution >= 4 is 5.97 Å². The number of rotatable bonds is 4. The van der Waals surface area contributed by atoms with Crippen LogP contribution in [0.3, 0.4) is 0 Å². The van der Waals surface area contributed by atoms with Gasteiger partial charge in [-0.3, -0.25) is 4.79 Å². The molecule has 20 heavy (non-hydrogen) atoms. The maximum Gasteiger partial charge on any atom is 0.313 e. The maximum atomic E-state index is 12.6. The Morgan fingerprint density at radius 3 is 2.15 bits per heavy atom. The monoisotopic (exact) mass is 281 g/mol. The molecule has 1 aliphatic heterocycles. The molecule has 0 aromatic rings. The summed E-state index contributed by atoms with van der Waals surface area (Å²) in [5.74, 6) is -0.0151. The largest absolute Gasteiger partial charge is 0.459 e. The molecule has 2 rings (SSSR count). The molecular formula is C17H31NO2. The highest BCUT2D eigenvalue weighted by Crippen LogP contribution is 2.42. The number of hydrogen-bond donors (Lipinski definition) is 1. The van der Waals surface area contributed by atoms with Crippen LogP contribution < -0.4 is 5.32 Å². The van der Waals surface area contributed by atoms with Crippen LogP contribution in [0, 0.1) is 10.8 Å². The molecule has 1 N–H and O–H groups in total. The molecule has 0 amide bonds. The quantitative estimate of drug-likeness (QED) is 0.632. The van der Waals surface area contributed by atoms with Crippen LogP contribution in [0.5, 0.6) is 0 Å². The smallest absolute Gasteiger partial charge is 0.313 e. The maximum absolute atomic E-state index is 12.6. The third-order valence-electron chi connectivity index (χ3n) is 4.73. The van der Waals surface area contributed by atoms with Crippen molar-refractivity contribution in [1.29, 1.82) is 0 Å². The Morgan fingerprint density at radius 1 is 1.15 bits per heavy atom. The third-order valence-corrected chi connectivity index (χ3v) is 4.73. The van der Waals surface area contributed by atoms with Crippen molar-refractivity contribution in [3.63, 3.8) is 0 Å². The second-order valence-corrected chi connectivity index (χ2v) is 8.55. The number of carbonyl (C=O) groups is 1. The zero-order valence-electron chi connectivity index (χ0n) is 13.8. The molecule has 1 saturated carbocycles. The van der Waals surface area contributed by atoms with Crippen LogP contribution in [-0.4, -0.2) is 24.2 Å². The van der Waals surface area contributed by atoms with Crippen LogP contribution in [0.2, 0.25) is 0 Å². The predicted octanol–water partition coefficient (Wildman–Crippen LogP) is 3.67. The van der Waals surface area contributed by atoms with E-state index < -0.39 is 5.41 Å². The second-order valence-electron chi connectivity index (χ2n) is 8.55. The lowest BCUT2D eigenvalue weighted by molar-refractivity contribution is -0.177. The fourth-order valence-corrected chi connectivity index (χ4v) is 3.52. The number of esters is 1. The van der Waals surface area contributed by atoms with Gasteiger partial charge in [0.05, 0.1) is 5.41 Å². The van der Waals surface area contributed by atoms with Crippen LogP contribution in [0.1, 0.15) is 73.1 Å². The Kier molecular flexibility index (Phi) is 4.21. The van der Waals surface area contributed by atoms with Crippen molar-refractivity contribution in [2.75, 3.05) is 6.54 Å². The Balaban J connectivity index is 2.09. The SMILES string of the molecule is CC(C)(C)CC1(OC(=O)C(C)(C)C2CN2)CCCCC1. The fourth-order valence-electron chi connectivity index (χ4n) is 3.52. The Bertz CT molecular complexity index is 358. The molecule has 2 aliphatic rings. The van der Waals surface area contributed by atoms with Crippen LogP contribution in [-0.2, 0) is 9.53 Å². The van der Waals surface area contributed by atoms with Gasteiger partial charge in [0.1, 0.15) is 5.60 Å². The van der Waals surface area contributed by atoms with E-state index in [0.717, 1.165) is 25.8 Å². The highest BCUT2D eigenvalue weighted by Gasteiger charge is 2.48. The average Bonchev–Trinajstić information content (AvgIpc) is 3.10. The second kappa shape index (κ2) is 5.32. The van der Waals surface area contributed by atoms with Gasteiger partial charge in [-0.15, -0.1) is 0 Å². The minimum Gasteiger partial charge on any atom is -0.459 e. The molecule has 0 bridgehead atoms. The van der Waals surface area contributed by atoms with Crippen molar-refractivity contribution in [3.8, 4) is 0 Å². The molecule has 1 aliphatic carbocycles. The molecule has 0 aromatic carbocycles. The van der Waals surface area contributed by atoms with Crippen LogP contribution in [0.25, 0.3) is 0 Å². The zero-order chi connectivity index (χ0) is 15.0. The van der Waals surface area contributed by atoms with Gasteiger partial charge in [-0.1, -0.05) is 27.2 Å². The summed E-state index contributed by atoms with van der Waals surface area (Å²) < 4.78 is 6.14. The van der Waals surface area contributed by atoms with E-state index in [1.54, 1.807) is 0 Å². The van der Waals surface area contributed by atoms with Gasteiger partial charge in [-0.2, -0.15) is 0 Å². The number of hydrogen-bond acceptors (Lipinski definition) is 3. The van der Waals surface area contributed by atoms with Gasteiger partial charge in [0.15, 0.2) is 0 Å². The summed E-state index contributed by atoms with van der Waals surface area (Å²) >= 11 is 0. The van der Waals surface area contributed by atoms with Gasteiger partial charge in [-0.05, 0) is 51.4 Å². The number of carbonyl (C=O) groups excluding carboxylic acids is 1. The number of ether oxygens (including phenoxy) is 1. The zero-order valence-corrected chi connectivity index (χ0v) is 13.8. The highest BCUT2D eigenvalue weighted by molar-refractivity contribution is 5.78. The Morgan fingerprint density at radius 2 is 1.70 bits per heavy atom. The minimum atomic E-state index is -0.400. The molecule has 3 heteroatoms. The van der Waals surface area contributed by atoms with E-state index in [4.69, 9.17) is 4.74 Å². The molecule has 1 atom stereocenters. The average molecular weight is 281 g/mol. The molecular weight excluding hydrogens is 250 g/mol. The first-order valence-electron chi connectivity index (χ1n) is 8.12. The standard InChI is InChI=1S/C17H31NO2/c1-15(2,3)12-17(9-7-6-8-10-17)20-14(19)16(4,5)13-11-18-13/h13,18H,6-12H2,1-5H3. The Hall–Kier alpha value is -0.570. The third kappa shape index (κ3) is 3.75. The first-order valence-corrected chi connectivity index (χ1v) is 8.12. The molecule has 2 fully saturated rings. The highest BCUT2D eigenvalue weighted by atomic mass is 16.6. The van der Waals surface area contributed by atoms with Crippen molar-refractivity contribution < 1.29 is 9.53 Å². The molecule has 1 saturated heterocycles. The summed E-state index contributed by atoms with van der Waals surface area (Å²) in [6.45, 7) is 11.7. The van der Waals surface area contributed by atoms with E-state index in [1.165, 1.54) is 19.3 Å². The molecule has 116 valence electrons. The lowest BCUT2D eigenvalue weighted by Crippen LogP contribution is -2.45. The number of nitrogens with one attached hydrogen (secondary N) is 1. The minimum absolute atomic E-state index is 0.0151. The van der Waals surface area contributed by atoms with Gasteiger partial charge < -0.3 is 10.1 Å². The van der Waals surface area contributed by atoms with Crippen LogP contribution in [0.15, 0.2) is 0 Å².